The number of rotatable bonds is 10. The fourth-order valence-corrected chi connectivity index (χ4v) is 1.93. The summed E-state index contributed by atoms with van der Waals surface area (Å²) in [5.74, 6) is 0.403. The fraction of sp³-hybridized carbons (Fsp3) is 0.529. The molecule has 2 N–H and O–H groups in total. The minimum absolute atomic E-state index is 0.0656. The minimum atomic E-state index is -0.842. The van der Waals surface area contributed by atoms with E-state index in [0.29, 0.717) is 38.3 Å². The van der Waals surface area contributed by atoms with Gasteiger partial charge in [0.05, 0.1) is 6.61 Å². The van der Waals surface area contributed by atoms with E-state index in [1.807, 2.05) is 12.1 Å². The Hall–Kier alpha value is -2.04. The lowest BCUT2D eigenvalue weighted by atomic mass is 10.0. The van der Waals surface area contributed by atoms with Gasteiger partial charge >= 0.3 is 5.97 Å². The maximum atomic E-state index is 11.5. The average Bonchev–Trinajstić information content (AvgIpc) is 2.48. The number of hydrogen-bond donors (Lipinski definition) is 2. The first-order valence-corrected chi connectivity index (χ1v) is 7.70. The normalized spacial score (nSPS) is 10.5. The summed E-state index contributed by atoms with van der Waals surface area (Å²) in [4.78, 5) is 21.8. The molecule has 1 amide bonds. The number of benzene rings is 1. The Morgan fingerprint density at radius 2 is 1.82 bits per heavy atom. The summed E-state index contributed by atoms with van der Waals surface area (Å²) in [7, 11) is 0. The highest BCUT2D eigenvalue weighted by atomic mass is 16.5. The maximum absolute atomic E-state index is 11.5. The van der Waals surface area contributed by atoms with Gasteiger partial charge in [0.2, 0.25) is 5.91 Å². The quantitative estimate of drug-likeness (QED) is 0.652. The van der Waals surface area contributed by atoms with E-state index in [1.165, 1.54) is 5.56 Å². The lowest BCUT2D eigenvalue weighted by Gasteiger charge is -2.09. The Morgan fingerprint density at radius 1 is 1.14 bits per heavy atom. The van der Waals surface area contributed by atoms with Gasteiger partial charge in [0.15, 0.2) is 0 Å². The summed E-state index contributed by atoms with van der Waals surface area (Å²) >= 11 is 0. The van der Waals surface area contributed by atoms with Crippen molar-refractivity contribution in [1.29, 1.82) is 0 Å². The van der Waals surface area contributed by atoms with Crippen LogP contribution in [0.5, 0.6) is 5.75 Å². The lowest BCUT2D eigenvalue weighted by Crippen LogP contribution is -2.25. The number of aliphatic carboxylic acids is 1. The third kappa shape index (κ3) is 7.67. The largest absolute Gasteiger partial charge is 0.494 e. The molecule has 0 unspecified atom stereocenters. The van der Waals surface area contributed by atoms with E-state index in [9.17, 15) is 9.59 Å². The summed E-state index contributed by atoms with van der Waals surface area (Å²) in [6.07, 6.45) is 1.56. The lowest BCUT2D eigenvalue weighted by molar-refractivity contribution is -0.137. The molecule has 1 rings (SSSR count). The predicted octanol–water partition coefficient (Wildman–Crippen LogP) is 2.95. The summed E-state index contributed by atoms with van der Waals surface area (Å²) in [5, 5.41) is 11.2. The zero-order valence-electron chi connectivity index (χ0n) is 13.3. The van der Waals surface area contributed by atoms with Gasteiger partial charge in [-0.2, -0.15) is 0 Å². The SMILES string of the molecule is CC(C)c1ccc(OCCCC(=O)NCCCC(=O)O)cc1. The van der Waals surface area contributed by atoms with Gasteiger partial charge in [-0.1, -0.05) is 26.0 Å². The van der Waals surface area contributed by atoms with Crippen LogP contribution in [0.4, 0.5) is 0 Å². The molecule has 0 saturated carbocycles. The van der Waals surface area contributed by atoms with Crippen molar-refractivity contribution in [2.45, 2.75) is 45.4 Å². The van der Waals surface area contributed by atoms with Crippen molar-refractivity contribution in [2.75, 3.05) is 13.2 Å². The highest BCUT2D eigenvalue weighted by molar-refractivity contribution is 5.75. The van der Waals surface area contributed by atoms with Gasteiger partial charge in [0.25, 0.3) is 0 Å². The van der Waals surface area contributed by atoms with Crippen LogP contribution in [-0.4, -0.2) is 30.1 Å². The van der Waals surface area contributed by atoms with Crippen LogP contribution in [-0.2, 0) is 9.59 Å². The van der Waals surface area contributed by atoms with Crippen LogP contribution in [0, 0.1) is 0 Å². The van der Waals surface area contributed by atoms with Crippen molar-refractivity contribution >= 4 is 11.9 Å². The zero-order chi connectivity index (χ0) is 16.4. The third-order valence-electron chi connectivity index (χ3n) is 3.25. The number of amides is 1. The van der Waals surface area contributed by atoms with E-state index < -0.39 is 5.97 Å². The van der Waals surface area contributed by atoms with Gasteiger partial charge in [-0.25, -0.2) is 0 Å². The van der Waals surface area contributed by atoms with E-state index in [1.54, 1.807) is 0 Å². The van der Waals surface area contributed by atoms with E-state index in [2.05, 4.69) is 31.3 Å². The van der Waals surface area contributed by atoms with Crippen molar-refractivity contribution in [3.63, 3.8) is 0 Å². The second-order valence-corrected chi connectivity index (χ2v) is 5.52. The standard InChI is InChI=1S/C17H25NO4/c1-13(2)14-7-9-15(10-8-14)22-12-4-5-16(19)18-11-3-6-17(20)21/h7-10,13H,3-6,11-12H2,1-2H3,(H,18,19)(H,20,21). The molecule has 0 spiro atoms. The van der Waals surface area contributed by atoms with E-state index >= 15 is 0 Å². The van der Waals surface area contributed by atoms with Gasteiger partial charge in [0.1, 0.15) is 5.75 Å². The first kappa shape index (κ1) is 18.0. The molecule has 0 aromatic heterocycles. The molecule has 0 aliphatic heterocycles. The van der Waals surface area contributed by atoms with Gasteiger partial charge in [-0.15, -0.1) is 0 Å². The molecule has 0 aliphatic carbocycles. The van der Waals surface area contributed by atoms with Crippen LogP contribution in [0.1, 0.15) is 51.0 Å². The van der Waals surface area contributed by atoms with Crippen molar-refractivity contribution in [3.8, 4) is 5.75 Å². The van der Waals surface area contributed by atoms with Crippen molar-refractivity contribution in [3.05, 3.63) is 29.8 Å². The molecule has 0 fully saturated rings. The van der Waals surface area contributed by atoms with Crippen molar-refractivity contribution < 1.29 is 19.4 Å². The second-order valence-electron chi connectivity index (χ2n) is 5.52. The highest BCUT2D eigenvalue weighted by Crippen LogP contribution is 2.18. The van der Waals surface area contributed by atoms with Crippen molar-refractivity contribution in [2.24, 2.45) is 0 Å². The van der Waals surface area contributed by atoms with Gasteiger partial charge < -0.3 is 15.2 Å². The molecule has 0 radical (unpaired) electrons. The summed E-state index contributed by atoms with van der Waals surface area (Å²) in [6, 6.07) is 7.99. The molecule has 0 aliphatic rings. The molecule has 122 valence electrons. The molecular weight excluding hydrogens is 282 g/mol. The minimum Gasteiger partial charge on any atom is -0.494 e. The topological polar surface area (TPSA) is 75.6 Å². The van der Waals surface area contributed by atoms with E-state index in [0.717, 1.165) is 5.75 Å². The molecule has 1 aromatic rings. The van der Waals surface area contributed by atoms with E-state index in [-0.39, 0.29) is 12.3 Å². The highest BCUT2D eigenvalue weighted by Gasteiger charge is 2.03. The van der Waals surface area contributed by atoms with Crippen LogP contribution >= 0.6 is 0 Å². The summed E-state index contributed by atoms with van der Waals surface area (Å²) in [5.41, 5.74) is 1.27. The average molecular weight is 307 g/mol. The smallest absolute Gasteiger partial charge is 0.303 e. The van der Waals surface area contributed by atoms with Gasteiger partial charge in [-0.3, -0.25) is 9.59 Å². The predicted molar refractivity (Wildman–Crippen MR) is 85.1 cm³/mol. The first-order chi connectivity index (χ1) is 10.5. The Labute approximate surface area is 131 Å². The number of carboxylic acids is 1. The number of ether oxygens (including phenoxy) is 1. The number of carboxylic acid groups (broad SMARTS) is 1. The first-order valence-electron chi connectivity index (χ1n) is 7.70. The van der Waals surface area contributed by atoms with Crippen molar-refractivity contribution in [1.82, 2.24) is 5.32 Å². The van der Waals surface area contributed by atoms with Crippen LogP contribution in [0.15, 0.2) is 24.3 Å². The Kier molecular flexibility index (Phi) is 8.04. The second kappa shape index (κ2) is 9.82. The number of carbonyl (C=O) groups is 2. The van der Waals surface area contributed by atoms with Gasteiger partial charge in [-0.05, 0) is 36.5 Å². The molecule has 22 heavy (non-hydrogen) atoms. The zero-order valence-corrected chi connectivity index (χ0v) is 13.3. The number of carbonyl (C=O) groups excluding carboxylic acids is 1. The Balaban J connectivity index is 2.11. The van der Waals surface area contributed by atoms with Crippen LogP contribution in [0.3, 0.4) is 0 Å². The van der Waals surface area contributed by atoms with Crippen LogP contribution in [0.25, 0.3) is 0 Å². The molecule has 0 heterocycles. The van der Waals surface area contributed by atoms with E-state index in [4.69, 9.17) is 9.84 Å². The Bertz CT molecular complexity index is 468. The Morgan fingerprint density at radius 3 is 2.41 bits per heavy atom. The summed E-state index contributed by atoms with van der Waals surface area (Å²) < 4.78 is 5.59. The molecule has 5 heteroatoms. The monoisotopic (exact) mass is 307 g/mol. The molecule has 1 aromatic carbocycles. The fourth-order valence-electron chi connectivity index (χ4n) is 1.93. The third-order valence-corrected chi connectivity index (χ3v) is 3.25. The number of hydrogen-bond acceptors (Lipinski definition) is 3. The molecule has 5 nitrogen and oxygen atoms in total. The van der Waals surface area contributed by atoms with Crippen LogP contribution < -0.4 is 10.1 Å². The number of nitrogens with one attached hydrogen (secondary N) is 1. The molecule has 0 bridgehead atoms. The summed E-state index contributed by atoms with van der Waals surface area (Å²) in [6.45, 7) is 5.18. The molecule has 0 atom stereocenters. The molecular formula is C17H25NO4. The van der Waals surface area contributed by atoms with Gasteiger partial charge in [0, 0.05) is 19.4 Å². The maximum Gasteiger partial charge on any atom is 0.303 e. The van der Waals surface area contributed by atoms with Crippen LogP contribution in [0.2, 0.25) is 0 Å². The molecule has 0 saturated heterocycles.